The van der Waals surface area contributed by atoms with E-state index in [0.717, 1.165) is 17.7 Å². The zero-order valence-corrected chi connectivity index (χ0v) is 17.3. The van der Waals surface area contributed by atoms with E-state index in [9.17, 15) is 27.7 Å². The number of amides is 1. The molecule has 0 aliphatic rings. The van der Waals surface area contributed by atoms with Crippen molar-refractivity contribution in [2.75, 3.05) is 11.9 Å². The van der Waals surface area contributed by atoms with E-state index in [2.05, 4.69) is 10.6 Å². The fraction of sp³-hybridized carbons (Fsp3) is 0.316. The van der Waals surface area contributed by atoms with Gasteiger partial charge >= 0.3 is 0 Å². The summed E-state index contributed by atoms with van der Waals surface area (Å²) in [7, 11) is -4.08. The second kappa shape index (κ2) is 9.63. The number of sulfonamides is 1. The van der Waals surface area contributed by atoms with Gasteiger partial charge in [0.25, 0.3) is 5.69 Å². The van der Waals surface area contributed by atoms with Gasteiger partial charge in [0.15, 0.2) is 0 Å². The van der Waals surface area contributed by atoms with Crippen LogP contribution in [0.1, 0.15) is 31.9 Å². The molecule has 0 aliphatic carbocycles. The monoisotopic (exact) mass is 438 g/mol. The molecule has 0 aromatic heterocycles. The van der Waals surface area contributed by atoms with Crippen molar-refractivity contribution in [3.8, 4) is 0 Å². The standard InChI is InChI=1S/C19H23FN4O5S/c1-12(2)19(13-3-5-14(20)6-4-13)23-18(25)9-10-22-16-8-7-15(30(21,28)29)11-17(16)24(26)27/h3-8,11-12,19,22H,9-10H2,1-2H3,(H,23,25)(H2,21,28,29). The largest absolute Gasteiger partial charge is 0.379 e. The van der Waals surface area contributed by atoms with Crippen molar-refractivity contribution in [1.82, 2.24) is 5.32 Å². The lowest BCUT2D eigenvalue weighted by atomic mass is 9.96. The predicted molar refractivity (Wildman–Crippen MR) is 110 cm³/mol. The van der Waals surface area contributed by atoms with Crippen molar-refractivity contribution in [2.45, 2.75) is 31.2 Å². The molecule has 0 fully saturated rings. The molecular weight excluding hydrogens is 415 g/mol. The van der Waals surface area contributed by atoms with Crippen LogP contribution in [0.4, 0.5) is 15.8 Å². The number of hydrogen-bond donors (Lipinski definition) is 3. The number of carbonyl (C=O) groups is 1. The minimum absolute atomic E-state index is 0.0124. The molecule has 0 heterocycles. The van der Waals surface area contributed by atoms with Crippen LogP contribution in [0, 0.1) is 21.8 Å². The van der Waals surface area contributed by atoms with E-state index in [1.807, 2.05) is 13.8 Å². The van der Waals surface area contributed by atoms with Crippen LogP contribution in [0.2, 0.25) is 0 Å². The van der Waals surface area contributed by atoms with Gasteiger partial charge in [-0.2, -0.15) is 0 Å². The molecule has 1 amide bonds. The Morgan fingerprint density at radius 1 is 1.20 bits per heavy atom. The third kappa shape index (κ3) is 6.22. The minimum Gasteiger partial charge on any atom is -0.379 e. The first-order chi connectivity index (χ1) is 14.0. The minimum atomic E-state index is -4.08. The Morgan fingerprint density at radius 2 is 1.83 bits per heavy atom. The number of hydrogen-bond acceptors (Lipinski definition) is 6. The van der Waals surface area contributed by atoms with Crippen molar-refractivity contribution in [2.24, 2.45) is 11.1 Å². The molecule has 11 heteroatoms. The van der Waals surface area contributed by atoms with Crippen molar-refractivity contribution in [3.05, 3.63) is 64.0 Å². The molecule has 1 unspecified atom stereocenters. The van der Waals surface area contributed by atoms with E-state index < -0.39 is 20.6 Å². The van der Waals surface area contributed by atoms with Gasteiger partial charge < -0.3 is 10.6 Å². The van der Waals surface area contributed by atoms with Crippen LogP contribution in [0.3, 0.4) is 0 Å². The third-order valence-corrected chi connectivity index (χ3v) is 5.29. The van der Waals surface area contributed by atoms with Gasteiger partial charge in [0, 0.05) is 19.0 Å². The molecule has 0 saturated carbocycles. The van der Waals surface area contributed by atoms with Gasteiger partial charge in [0.1, 0.15) is 11.5 Å². The maximum absolute atomic E-state index is 13.1. The van der Waals surface area contributed by atoms with Crippen LogP contribution in [0.15, 0.2) is 47.4 Å². The molecule has 2 aromatic rings. The molecule has 9 nitrogen and oxygen atoms in total. The number of rotatable bonds is 9. The van der Waals surface area contributed by atoms with Crippen molar-refractivity contribution in [1.29, 1.82) is 0 Å². The van der Waals surface area contributed by atoms with E-state index in [0.29, 0.717) is 0 Å². The van der Waals surface area contributed by atoms with E-state index in [1.54, 1.807) is 12.1 Å². The summed E-state index contributed by atoms with van der Waals surface area (Å²) < 4.78 is 35.9. The maximum Gasteiger partial charge on any atom is 0.293 e. The molecule has 0 aliphatic heterocycles. The number of anilines is 1. The second-order valence-electron chi connectivity index (χ2n) is 7.00. The highest BCUT2D eigenvalue weighted by atomic mass is 32.2. The average Bonchev–Trinajstić information content (AvgIpc) is 2.66. The van der Waals surface area contributed by atoms with Crippen LogP contribution in [-0.2, 0) is 14.8 Å². The number of nitro groups is 1. The lowest BCUT2D eigenvalue weighted by Crippen LogP contribution is -2.32. The highest BCUT2D eigenvalue weighted by Gasteiger charge is 2.20. The number of benzene rings is 2. The third-order valence-electron chi connectivity index (χ3n) is 4.37. The van der Waals surface area contributed by atoms with Crippen molar-refractivity contribution >= 4 is 27.3 Å². The van der Waals surface area contributed by atoms with Crippen LogP contribution in [-0.4, -0.2) is 25.8 Å². The SMILES string of the molecule is CC(C)C(NC(=O)CCNc1ccc(S(N)(=O)=O)cc1[N+](=O)[O-])c1ccc(F)cc1. The van der Waals surface area contributed by atoms with Gasteiger partial charge in [-0.3, -0.25) is 14.9 Å². The molecule has 4 N–H and O–H groups in total. The van der Waals surface area contributed by atoms with Crippen molar-refractivity contribution in [3.63, 3.8) is 0 Å². The molecular formula is C19H23FN4O5S. The van der Waals surface area contributed by atoms with E-state index in [4.69, 9.17) is 5.14 Å². The van der Waals surface area contributed by atoms with Crippen LogP contribution >= 0.6 is 0 Å². The van der Waals surface area contributed by atoms with E-state index >= 15 is 0 Å². The highest BCUT2D eigenvalue weighted by molar-refractivity contribution is 7.89. The first kappa shape index (κ1) is 23.2. The molecule has 0 saturated heterocycles. The topological polar surface area (TPSA) is 144 Å². The van der Waals surface area contributed by atoms with Gasteiger partial charge in [-0.05, 0) is 35.7 Å². The Balaban J connectivity index is 2.02. The fourth-order valence-electron chi connectivity index (χ4n) is 2.85. The second-order valence-corrected chi connectivity index (χ2v) is 8.56. The molecule has 0 bridgehead atoms. The molecule has 162 valence electrons. The molecule has 0 radical (unpaired) electrons. The fourth-order valence-corrected chi connectivity index (χ4v) is 3.38. The Hall–Kier alpha value is -3.05. The van der Waals surface area contributed by atoms with Crippen molar-refractivity contribution < 1.29 is 22.5 Å². The lowest BCUT2D eigenvalue weighted by Gasteiger charge is -2.23. The van der Waals surface area contributed by atoms with Gasteiger partial charge in [0.05, 0.1) is 15.9 Å². The lowest BCUT2D eigenvalue weighted by molar-refractivity contribution is -0.384. The van der Waals surface area contributed by atoms with Gasteiger partial charge in [-0.15, -0.1) is 0 Å². The average molecular weight is 438 g/mol. The number of carbonyl (C=O) groups excluding carboxylic acids is 1. The molecule has 30 heavy (non-hydrogen) atoms. The highest BCUT2D eigenvalue weighted by Crippen LogP contribution is 2.27. The predicted octanol–water partition coefficient (Wildman–Crippen LogP) is 2.70. The first-order valence-electron chi connectivity index (χ1n) is 9.09. The summed E-state index contributed by atoms with van der Waals surface area (Å²) in [5.41, 5.74) is 0.370. The number of primary sulfonamides is 1. The quantitative estimate of drug-likeness (QED) is 0.405. The van der Waals surface area contributed by atoms with Gasteiger partial charge in [-0.25, -0.2) is 17.9 Å². The normalized spacial score (nSPS) is 12.4. The van der Waals surface area contributed by atoms with Crippen LogP contribution in [0.5, 0.6) is 0 Å². The summed E-state index contributed by atoms with van der Waals surface area (Å²) in [6.07, 6.45) is 0.0124. The number of nitrogens with two attached hydrogens (primary N) is 1. The molecule has 2 aromatic carbocycles. The zero-order valence-electron chi connectivity index (χ0n) is 16.5. The summed E-state index contributed by atoms with van der Waals surface area (Å²) in [4.78, 5) is 22.4. The van der Waals surface area contributed by atoms with Crippen LogP contribution < -0.4 is 15.8 Å². The number of nitro benzene ring substituents is 1. The molecule has 1 atom stereocenters. The summed E-state index contributed by atoms with van der Waals surface area (Å²) >= 11 is 0. The summed E-state index contributed by atoms with van der Waals surface area (Å²) in [6, 6.07) is 8.77. The zero-order chi connectivity index (χ0) is 22.5. The summed E-state index contributed by atoms with van der Waals surface area (Å²) in [5.74, 6) is -0.611. The Labute approximate surface area is 173 Å². The van der Waals surface area contributed by atoms with Gasteiger partial charge in [0.2, 0.25) is 15.9 Å². The van der Waals surface area contributed by atoms with E-state index in [1.165, 1.54) is 18.2 Å². The Morgan fingerprint density at radius 3 is 2.37 bits per heavy atom. The number of nitrogens with zero attached hydrogens (tertiary/aromatic N) is 1. The van der Waals surface area contributed by atoms with Gasteiger partial charge in [-0.1, -0.05) is 26.0 Å². The number of halogens is 1. The van der Waals surface area contributed by atoms with E-state index in [-0.39, 0.29) is 47.2 Å². The van der Waals surface area contributed by atoms with Crippen LogP contribution in [0.25, 0.3) is 0 Å². The molecule has 2 rings (SSSR count). The first-order valence-corrected chi connectivity index (χ1v) is 10.6. The molecule has 0 spiro atoms. The Kier molecular flexibility index (Phi) is 7.46. The maximum atomic E-state index is 13.1. The smallest absolute Gasteiger partial charge is 0.293 e. The number of nitrogens with one attached hydrogen (secondary N) is 2. The summed E-state index contributed by atoms with van der Waals surface area (Å²) in [5, 5.41) is 21.9. The summed E-state index contributed by atoms with van der Waals surface area (Å²) in [6.45, 7) is 3.92. The Bertz CT molecular complexity index is 1030.